The second kappa shape index (κ2) is 9.29. The van der Waals surface area contributed by atoms with Crippen molar-refractivity contribution in [2.24, 2.45) is 11.3 Å². The third-order valence-corrected chi connectivity index (χ3v) is 4.67. The Morgan fingerprint density at radius 1 is 1.13 bits per heavy atom. The highest BCUT2D eigenvalue weighted by atomic mass is 16.2. The van der Waals surface area contributed by atoms with Crippen LogP contribution in [0.15, 0.2) is 0 Å². The van der Waals surface area contributed by atoms with Gasteiger partial charge in [0, 0.05) is 30.5 Å². The van der Waals surface area contributed by atoms with Crippen LogP contribution >= 0.6 is 0 Å². The van der Waals surface area contributed by atoms with Crippen molar-refractivity contribution in [2.75, 3.05) is 13.1 Å². The lowest BCUT2D eigenvalue weighted by Gasteiger charge is -2.35. The maximum Gasteiger partial charge on any atom is 0.227 e. The van der Waals surface area contributed by atoms with E-state index in [2.05, 4.69) is 19.2 Å². The predicted octanol–water partition coefficient (Wildman–Crippen LogP) is 3.75. The summed E-state index contributed by atoms with van der Waals surface area (Å²) in [5, 5.41) is 3.16. The van der Waals surface area contributed by atoms with Crippen molar-refractivity contribution in [3.8, 4) is 0 Å². The first-order chi connectivity index (χ1) is 10.8. The van der Waals surface area contributed by atoms with Crippen molar-refractivity contribution in [1.82, 2.24) is 10.2 Å². The first-order valence-corrected chi connectivity index (χ1v) is 9.35. The van der Waals surface area contributed by atoms with Gasteiger partial charge in [-0.3, -0.25) is 9.59 Å². The van der Waals surface area contributed by atoms with Crippen LogP contribution in [0.4, 0.5) is 0 Å². The van der Waals surface area contributed by atoms with Crippen LogP contribution in [-0.2, 0) is 9.59 Å². The third kappa shape index (κ3) is 6.92. The molecule has 0 aromatic carbocycles. The molecular weight excluding hydrogens is 288 g/mol. The largest absolute Gasteiger partial charge is 0.353 e. The topological polar surface area (TPSA) is 49.4 Å². The van der Waals surface area contributed by atoms with Crippen LogP contribution in [0.5, 0.6) is 0 Å². The standard InChI is InChI=1S/C19H36N2O2/c1-6-7-8-9-10-15(2)20-17(22)16-11-13-21(14-12-16)18(23)19(3,4)5/h15-16H,6-14H2,1-5H3,(H,20,22)/t15-/m0/s1. The van der Waals surface area contributed by atoms with Crippen LogP contribution in [0.3, 0.4) is 0 Å². The summed E-state index contributed by atoms with van der Waals surface area (Å²) in [7, 11) is 0. The normalized spacial score (nSPS) is 17.9. The molecule has 0 aromatic rings. The minimum Gasteiger partial charge on any atom is -0.353 e. The molecule has 1 fully saturated rings. The van der Waals surface area contributed by atoms with Crippen LogP contribution in [0.1, 0.15) is 79.6 Å². The monoisotopic (exact) mass is 324 g/mol. The average molecular weight is 325 g/mol. The van der Waals surface area contributed by atoms with E-state index >= 15 is 0 Å². The fraction of sp³-hybridized carbons (Fsp3) is 0.895. The average Bonchev–Trinajstić information content (AvgIpc) is 2.50. The van der Waals surface area contributed by atoms with Crippen molar-refractivity contribution >= 4 is 11.8 Å². The summed E-state index contributed by atoms with van der Waals surface area (Å²) in [6.45, 7) is 11.6. The van der Waals surface area contributed by atoms with Gasteiger partial charge < -0.3 is 10.2 Å². The molecule has 1 saturated heterocycles. The first kappa shape index (κ1) is 20.0. The van der Waals surface area contributed by atoms with E-state index in [1.807, 2.05) is 25.7 Å². The van der Waals surface area contributed by atoms with E-state index in [1.165, 1.54) is 25.7 Å². The highest BCUT2D eigenvalue weighted by Gasteiger charge is 2.32. The second-order valence-corrected chi connectivity index (χ2v) is 8.08. The van der Waals surface area contributed by atoms with Gasteiger partial charge in [-0.1, -0.05) is 53.4 Å². The fourth-order valence-corrected chi connectivity index (χ4v) is 3.13. The number of amides is 2. The molecule has 1 aliphatic rings. The van der Waals surface area contributed by atoms with Gasteiger partial charge in [0.1, 0.15) is 0 Å². The van der Waals surface area contributed by atoms with Crippen LogP contribution < -0.4 is 5.32 Å². The van der Waals surface area contributed by atoms with Gasteiger partial charge in [-0.15, -0.1) is 0 Å². The van der Waals surface area contributed by atoms with Gasteiger partial charge in [-0.2, -0.15) is 0 Å². The quantitative estimate of drug-likeness (QED) is 0.725. The Hall–Kier alpha value is -1.06. The lowest BCUT2D eigenvalue weighted by molar-refractivity contribution is -0.142. The number of rotatable bonds is 7. The smallest absolute Gasteiger partial charge is 0.227 e. The zero-order valence-corrected chi connectivity index (χ0v) is 15.8. The van der Waals surface area contributed by atoms with E-state index in [1.54, 1.807) is 0 Å². The SMILES string of the molecule is CCCCCC[C@H](C)NC(=O)C1CCN(C(=O)C(C)(C)C)CC1. The molecule has 4 heteroatoms. The third-order valence-electron chi connectivity index (χ3n) is 4.67. The van der Waals surface area contributed by atoms with Crippen molar-refractivity contribution in [3.05, 3.63) is 0 Å². The lowest BCUT2D eigenvalue weighted by atomic mass is 9.90. The minimum atomic E-state index is -0.331. The van der Waals surface area contributed by atoms with Gasteiger partial charge in [0.2, 0.25) is 11.8 Å². The molecule has 0 spiro atoms. The molecule has 23 heavy (non-hydrogen) atoms. The molecule has 2 amide bonds. The molecule has 0 saturated carbocycles. The molecule has 1 atom stereocenters. The van der Waals surface area contributed by atoms with E-state index in [-0.39, 0.29) is 29.2 Å². The number of hydrogen-bond acceptors (Lipinski definition) is 2. The number of likely N-dealkylation sites (tertiary alicyclic amines) is 1. The van der Waals surface area contributed by atoms with E-state index in [0.29, 0.717) is 13.1 Å². The van der Waals surface area contributed by atoms with E-state index < -0.39 is 0 Å². The highest BCUT2D eigenvalue weighted by Crippen LogP contribution is 2.23. The molecule has 0 unspecified atom stereocenters. The minimum absolute atomic E-state index is 0.0668. The van der Waals surface area contributed by atoms with Crippen LogP contribution in [0.25, 0.3) is 0 Å². The molecular formula is C19H36N2O2. The van der Waals surface area contributed by atoms with E-state index in [4.69, 9.17) is 0 Å². The number of piperidine rings is 1. The number of carbonyl (C=O) groups is 2. The predicted molar refractivity (Wildman–Crippen MR) is 95.1 cm³/mol. The molecule has 0 bridgehead atoms. The molecule has 0 radical (unpaired) electrons. The molecule has 1 aliphatic heterocycles. The van der Waals surface area contributed by atoms with Gasteiger partial charge in [0.15, 0.2) is 0 Å². The number of nitrogens with one attached hydrogen (secondary N) is 1. The first-order valence-electron chi connectivity index (χ1n) is 9.35. The van der Waals surface area contributed by atoms with E-state index in [9.17, 15) is 9.59 Å². The second-order valence-electron chi connectivity index (χ2n) is 8.08. The maximum atomic E-state index is 12.4. The zero-order chi connectivity index (χ0) is 17.5. The van der Waals surface area contributed by atoms with Crippen LogP contribution in [0, 0.1) is 11.3 Å². The summed E-state index contributed by atoms with van der Waals surface area (Å²) >= 11 is 0. The molecule has 1 N–H and O–H groups in total. The number of carbonyl (C=O) groups excluding carboxylic acids is 2. The number of hydrogen-bond donors (Lipinski definition) is 1. The van der Waals surface area contributed by atoms with Gasteiger partial charge in [0.05, 0.1) is 0 Å². The molecule has 134 valence electrons. The summed E-state index contributed by atoms with van der Waals surface area (Å²) in [5.74, 6) is 0.439. The Bertz CT molecular complexity index is 379. The number of nitrogens with zero attached hydrogens (tertiary/aromatic N) is 1. The highest BCUT2D eigenvalue weighted by molar-refractivity contribution is 5.82. The summed E-state index contributed by atoms with van der Waals surface area (Å²) < 4.78 is 0. The Labute approximate surface area is 142 Å². The van der Waals surface area contributed by atoms with Gasteiger partial charge in [-0.05, 0) is 26.2 Å². The Kier molecular flexibility index (Phi) is 8.07. The fourth-order valence-electron chi connectivity index (χ4n) is 3.13. The Morgan fingerprint density at radius 3 is 2.26 bits per heavy atom. The Balaban J connectivity index is 2.31. The molecule has 1 heterocycles. The van der Waals surface area contributed by atoms with Crippen molar-refractivity contribution in [1.29, 1.82) is 0 Å². The Morgan fingerprint density at radius 2 is 1.74 bits per heavy atom. The summed E-state index contributed by atoms with van der Waals surface area (Å²) in [6, 6.07) is 0.258. The summed E-state index contributed by atoms with van der Waals surface area (Å²) in [6.07, 6.45) is 7.60. The van der Waals surface area contributed by atoms with Crippen molar-refractivity contribution in [3.63, 3.8) is 0 Å². The molecule has 4 nitrogen and oxygen atoms in total. The lowest BCUT2D eigenvalue weighted by Crippen LogP contribution is -2.47. The summed E-state index contributed by atoms with van der Waals surface area (Å²) in [4.78, 5) is 26.5. The maximum absolute atomic E-state index is 12.4. The molecule has 0 aliphatic carbocycles. The molecule has 1 rings (SSSR count). The van der Waals surface area contributed by atoms with Crippen molar-refractivity contribution < 1.29 is 9.59 Å². The van der Waals surface area contributed by atoms with Gasteiger partial charge >= 0.3 is 0 Å². The zero-order valence-electron chi connectivity index (χ0n) is 15.8. The van der Waals surface area contributed by atoms with Crippen molar-refractivity contribution in [2.45, 2.75) is 85.6 Å². The van der Waals surface area contributed by atoms with Crippen LogP contribution in [-0.4, -0.2) is 35.8 Å². The van der Waals surface area contributed by atoms with Gasteiger partial charge in [0.25, 0.3) is 0 Å². The summed E-state index contributed by atoms with van der Waals surface area (Å²) in [5.41, 5.74) is -0.331. The van der Waals surface area contributed by atoms with E-state index in [0.717, 1.165) is 19.3 Å². The number of unbranched alkanes of at least 4 members (excludes halogenated alkanes) is 3. The molecule has 0 aromatic heterocycles. The van der Waals surface area contributed by atoms with Crippen LogP contribution in [0.2, 0.25) is 0 Å². The van der Waals surface area contributed by atoms with Gasteiger partial charge in [-0.25, -0.2) is 0 Å².